The van der Waals surface area contributed by atoms with Crippen LogP contribution in [0.15, 0.2) is 0 Å². The van der Waals surface area contributed by atoms with E-state index in [1.165, 1.54) is 11.8 Å². The lowest BCUT2D eigenvalue weighted by Crippen LogP contribution is -2.07. The highest BCUT2D eigenvalue weighted by molar-refractivity contribution is 7.98. The Labute approximate surface area is 63.8 Å². The zero-order chi connectivity index (χ0) is 7.82. The lowest BCUT2D eigenvalue weighted by atomic mass is 10.9. The number of rotatable bonds is 4. The molecule has 0 bridgehead atoms. The molecule has 0 N–H and O–H groups in total. The summed E-state index contributed by atoms with van der Waals surface area (Å²) in [5.74, 6) is 0.318. The molecule has 0 atom stereocenters. The van der Waals surface area contributed by atoms with Crippen LogP contribution in [0.3, 0.4) is 0 Å². The highest BCUT2D eigenvalue weighted by Crippen LogP contribution is 1.94. The maximum Gasteiger partial charge on any atom is 0.540 e. The van der Waals surface area contributed by atoms with E-state index in [4.69, 9.17) is 0 Å². The summed E-state index contributed by atoms with van der Waals surface area (Å²) in [6, 6.07) is 0. The Morgan fingerprint density at radius 2 is 2.30 bits per heavy atom. The second-order valence-corrected chi connectivity index (χ2v) is 2.10. The quantitative estimate of drug-likeness (QED) is 0.208. The second kappa shape index (κ2) is 6.70. The molecule has 0 saturated carbocycles. The minimum Gasteiger partial charge on any atom is -0.433 e. The highest BCUT2D eigenvalue weighted by Gasteiger charge is 2.00. The predicted molar refractivity (Wildman–Crippen MR) is 37.6 cm³/mol. The summed E-state index contributed by atoms with van der Waals surface area (Å²) in [5.41, 5.74) is 0. The van der Waals surface area contributed by atoms with Crippen molar-refractivity contribution in [3.05, 3.63) is 0 Å². The third-order valence-electron chi connectivity index (χ3n) is 0.555. The van der Waals surface area contributed by atoms with Gasteiger partial charge in [-0.3, -0.25) is 4.89 Å². The first kappa shape index (κ1) is 9.58. The van der Waals surface area contributed by atoms with Crippen LogP contribution in [0, 0.1) is 0 Å². The molecule has 10 heavy (non-hydrogen) atoms. The summed E-state index contributed by atoms with van der Waals surface area (Å²) in [5, 5.41) is 0. The standard InChI is InChI=1S/C5H10O4S/c1-3-7-5(6)9-8-4-10-2/h3-4H2,1-2H3. The largest absolute Gasteiger partial charge is 0.540 e. The maximum absolute atomic E-state index is 10.3. The van der Waals surface area contributed by atoms with Crippen molar-refractivity contribution in [1.82, 2.24) is 0 Å². The van der Waals surface area contributed by atoms with Crippen molar-refractivity contribution in [1.29, 1.82) is 0 Å². The maximum atomic E-state index is 10.3. The molecule has 0 aliphatic carbocycles. The van der Waals surface area contributed by atoms with Crippen molar-refractivity contribution >= 4 is 17.9 Å². The first-order chi connectivity index (χ1) is 4.81. The Balaban J connectivity index is 3.05. The van der Waals surface area contributed by atoms with Crippen molar-refractivity contribution < 1.29 is 19.3 Å². The van der Waals surface area contributed by atoms with Crippen LogP contribution < -0.4 is 0 Å². The third-order valence-corrected chi connectivity index (χ3v) is 0.887. The van der Waals surface area contributed by atoms with Gasteiger partial charge in [-0.1, -0.05) is 0 Å². The second-order valence-electron chi connectivity index (χ2n) is 1.29. The van der Waals surface area contributed by atoms with Gasteiger partial charge in [0, 0.05) is 0 Å². The van der Waals surface area contributed by atoms with Gasteiger partial charge in [0.1, 0.15) is 5.94 Å². The molecule has 0 aromatic rings. The molecule has 0 amide bonds. The van der Waals surface area contributed by atoms with Crippen LogP contribution in [0.25, 0.3) is 0 Å². The molecule has 0 spiro atoms. The molecular formula is C5H10O4S. The molecule has 0 aromatic carbocycles. The fourth-order valence-electron chi connectivity index (χ4n) is 0.262. The summed E-state index contributed by atoms with van der Waals surface area (Å²) in [6.07, 6.45) is 1.03. The van der Waals surface area contributed by atoms with Crippen molar-refractivity contribution in [3.8, 4) is 0 Å². The van der Waals surface area contributed by atoms with E-state index in [-0.39, 0.29) is 0 Å². The molecule has 0 aliphatic heterocycles. The Hall–Kier alpha value is -0.420. The number of thioether (sulfide) groups is 1. The molecule has 0 radical (unpaired) electrons. The van der Waals surface area contributed by atoms with E-state index in [0.717, 1.165) is 0 Å². The van der Waals surface area contributed by atoms with Crippen LogP contribution in [0.2, 0.25) is 0 Å². The van der Waals surface area contributed by atoms with E-state index in [1.807, 2.05) is 6.26 Å². The molecule has 0 saturated heterocycles. The van der Waals surface area contributed by atoms with Crippen LogP contribution in [0.4, 0.5) is 4.79 Å². The van der Waals surface area contributed by atoms with E-state index in [9.17, 15) is 4.79 Å². The Kier molecular flexibility index (Phi) is 6.42. The number of ether oxygens (including phenoxy) is 1. The van der Waals surface area contributed by atoms with E-state index >= 15 is 0 Å². The minimum atomic E-state index is -0.795. The van der Waals surface area contributed by atoms with Crippen molar-refractivity contribution in [2.45, 2.75) is 6.92 Å². The van der Waals surface area contributed by atoms with E-state index in [0.29, 0.717) is 12.5 Å². The van der Waals surface area contributed by atoms with E-state index in [1.54, 1.807) is 6.92 Å². The molecule has 0 aromatic heterocycles. The topological polar surface area (TPSA) is 44.8 Å². The van der Waals surface area contributed by atoms with Crippen LogP contribution in [-0.2, 0) is 14.5 Å². The van der Waals surface area contributed by atoms with Gasteiger partial charge in [-0.05, 0) is 13.2 Å². The lowest BCUT2D eigenvalue weighted by Gasteiger charge is -2.00. The van der Waals surface area contributed by atoms with Gasteiger partial charge in [-0.2, -0.15) is 4.89 Å². The van der Waals surface area contributed by atoms with Crippen LogP contribution in [0.5, 0.6) is 0 Å². The average molecular weight is 166 g/mol. The minimum absolute atomic E-state index is 0.293. The normalized spacial score (nSPS) is 9.00. The van der Waals surface area contributed by atoms with Gasteiger partial charge in [0.2, 0.25) is 0 Å². The smallest absolute Gasteiger partial charge is 0.433 e. The monoisotopic (exact) mass is 166 g/mol. The Morgan fingerprint density at radius 3 is 2.80 bits per heavy atom. The van der Waals surface area contributed by atoms with Crippen molar-refractivity contribution in [2.75, 3.05) is 18.8 Å². The van der Waals surface area contributed by atoms with Crippen molar-refractivity contribution in [3.63, 3.8) is 0 Å². The van der Waals surface area contributed by atoms with Gasteiger partial charge in [0.15, 0.2) is 0 Å². The van der Waals surface area contributed by atoms with Gasteiger partial charge in [0.25, 0.3) is 0 Å². The van der Waals surface area contributed by atoms with Gasteiger partial charge >= 0.3 is 6.16 Å². The van der Waals surface area contributed by atoms with Gasteiger partial charge in [-0.15, -0.1) is 11.8 Å². The molecule has 4 nitrogen and oxygen atoms in total. The molecule has 0 fully saturated rings. The summed E-state index contributed by atoms with van der Waals surface area (Å²) in [7, 11) is 0. The van der Waals surface area contributed by atoms with Crippen LogP contribution in [0.1, 0.15) is 6.92 Å². The van der Waals surface area contributed by atoms with Gasteiger partial charge in [-0.25, -0.2) is 4.79 Å². The third kappa shape index (κ3) is 5.71. The van der Waals surface area contributed by atoms with Gasteiger partial charge in [0.05, 0.1) is 6.61 Å². The number of hydrogen-bond donors (Lipinski definition) is 0. The molecule has 0 unspecified atom stereocenters. The molecule has 60 valence electrons. The Bertz CT molecular complexity index is 95.6. The summed E-state index contributed by atoms with van der Waals surface area (Å²) >= 11 is 1.41. The fourth-order valence-corrected chi connectivity index (χ4v) is 0.407. The number of hydrogen-bond acceptors (Lipinski definition) is 5. The predicted octanol–water partition coefficient (Wildman–Crippen LogP) is 1.41. The zero-order valence-corrected chi connectivity index (χ0v) is 6.77. The first-order valence-corrected chi connectivity index (χ1v) is 4.15. The average Bonchev–Trinajstić information content (AvgIpc) is 1.89. The molecule has 0 rings (SSSR count). The Morgan fingerprint density at radius 1 is 1.60 bits per heavy atom. The fraction of sp³-hybridized carbons (Fsp3) is 0.800. The van der Waals surface area contributed by atoms with Crippen LogP contribution in [-0.4, -0.2) is 25.0 Å². The number of carbonyl (C=O) groups excluding carboxylic acids is 1. The van der Waals surface area contributed by atoms with E-state index in [2.05, 4.69) is 14.5 Å². The summed E-state index contributed by atoms with van der Waals surface area (Å²) in [6.45, 7) is 1.98. The SMILES string of the molecule is CCOC(=O)OOCSC. The van der Waals surface area contributed by atoms with Crippen LogP contribution >= 0.6 is 11.8 Å². The molecule has 0 aliphatic rings. The summed E-state index contributed by atoms with van der Waals surface area (Å²) < 4.78 is 4.39. The molecule has 5 heteroatoms. The lowest BCUT2D eigenvalue weighted by molar-refractivity contribution is -0.237. The van der Waals surface area contributed by atoms with E-state index < -0.39 is 6.16 Å². The zero-order valence-electron chi connectivity index (χ0n) is 5.96. The molecular weight excluding hydrogens is 156 g/mol. The van der Waals surface area contributed by atoms with Gasteiger partial charge < -0.3 is 4.74 Å². The highest BCUT2D eigenvalue weighted by atomic mass is 32.2. The number of carbonyl (C=O) groups is 1. The first-order valence-electron chi connectivity index (χ1n) is 2.76. The van der Waals surface area contributed by atoms with Crippen molar-refractivity contribution in [2.24, 2.45) is 0 Å². The molecule has 0 heterocycles. The summed E-state index contributed by atoms with van der Waals surface area (Å²) in [4.78, 5) is 18.9.